The zero-order valence-electron chi connectivity index (χ0n) is 9.82. The van der Waals surface area contributed by atoms with Gasteiger partial charge in [-0.15, -0.1) is 0 Å². The number of hydrogen-bond donors (Lipinski definition) is 1. The molecule has 1 unspecified atom stereocenters. The molecule has 0 bridgehead atoms. The predicted octanol–water partition coefficient (Wildman–Crippen LogP) is 2.29. The highest BCUT2D eigenvalue weighted by Gasteiger charge is 2.06. The second kappa shape index (κ2) is 6.62. The summed E-state index contributed by atoms with van der Waals surface area (Å²) in [7, 11) is 1.90. The van der Waals surface area contributed by atoms with Gasteiger partial charge in [0.25, 0.3) is 0 Å². The lowest BCUT2D eigenvalue weighted by Crippen LogP contribution is -2.10. The van der Waals surface area contributed by atoms with Crippen LogP contribution >= 0.6 is 0 Å². The predicted molar refractivity (Wildman–Crippen MR) is 61.7 cm³/mol. The molecule has 1 N–H and O–H groups in total. The fourth-order valence-corrected chi connectivity index (χ4v) is 1.72. The Balaban J connectivity index is 2.15. The standard InChI is InChI=1S/C12H22N2O/c1-3-4-5-6-7-12(15)10-11-8-9-14(2)13-11/h8-9,12,15H,3-7,10H2,1-2H3. The van der Waals surface area contributed by atoms with E-state index in [2.05, 4.69) is 12.0 Å². The van der Waals surface area contributed by atoms with E-state index in [-0.39, 0.29) is 6.10 Å². The van der Waals surface area contributed by atoms with E-state index in [1.54, 1.807) is 4.68 Å². The third kappa shape index (κ3) is 4.98. The first-order valence-corrected chi connectivity index (χ1v) is 5.89. The van der Waals surface area contributed by atoms with E-state index in [1.165, 1.54) is 19.3 Å². The van der Waals surface area contributed by atoms with Crippen LogP contribution in [0.1, 0.15) is 44.7 Å². The third-order valence-corrected chi connectivity index (χ3v) is 2.60. The normalized spacial score (nSPS) is 13.0. The van der Waals surface area contributed by atoms with Crippen molar-refractivity contribution in [2.45, 2.75) is 51.6 Å². The molecule has 3 nitrogen and oxygen atoms in total. The Bertz CT molecular complexity index is 270. The second-order valence-electron chi connectivity index (χ2n) is 4.19. The van der Waals surface area contributed by atoms with Crippen LogP contribution in [0.4, 0.5) is 0 Å². The van der Waals surface area contributed by atoms with Gasteiger partial charge in [0, 0.05) is 19.7 Å². The van der Waals surface area contributed by atoms with Crippen molar-refractivity contribution in [1.29, 1.82) is 0 Å². The molecule has 1 rings (SSSR count). The van der Waals surface area contributed by atoms with Gasteiger partial charge in [0.1, 0.15) is 0 Å². The quantitative estimate of drug-likeness (QED) is 0.701. The first-order valence-electron chi connectivity index (χ1n) is 5.89. The topological polar surface area (TPSA) is 38.0 Å². The van der Waals surface area contributed by atoms with Gasteiger partial charge in [-0.05, 0) is 12.5 Å². The van der Waals surface area contributed by atoms with Crippen LogP contribution in [0.25, 0.3) is 0 Å². The number of rotatable bonds is 7. The first-order chi connectivity index (χ1) is 7.22. The van der Waals surface area contributed by atoms with E-state index in [0.29, 0.717) is 6.42 Å². The molecule has 0 aliphatic heterocycles. The molecule has 0 amide bonds. The average Bonchev–Trinajstić information content (AvgIpc) is 2.59. The van der Waals surface area contributed by atoms with Gasteiger partial charge in [-0.2, -0.15) is 5.10 Å². The maximum Gasteiger partial charge on any atom is 0.0650 e. The smallest absolute Gasteiger partial charge is 0.0650 e. The van der Waals surface area contributed by atoms with E-state index in [1.807, 2.05) is 19.3 Å². The SMILES string of the molecule is CCCCCCC(O)Cc1ccn(C)n1. The highest BCUT2D eigenvalue weighted by atomic mass is 16.3. The lowest BCUT2D eigenvalue weighted by Gasteiger charge is -2.08. The van der Waals surface area contributed by atoms with Gasteiger partial charge in [-0.25, -0.2) is 0 Å². The Hall–Kier alpha value is -0.830. The molecule has 1 heterocycles. The molecule has 0 fully saturated rings. The number of unbranched alkanes of at least 4 members (excludes halogenated alkanes) is 3. The molecule has 0 spiro atoms. The Morgan fingerprint density at radius 1 is 1.40 bits per heavy atom. The molecule has 0 aliphatic carbocycles. The van der Waals surface area contributed by atoms with Crippen molar-refractivity contribution in [1.82, 2.24) is 9.78 Å². The largest absolute Gasteiger partial charge is 0.393 e. The van der Waals surface area contributed by atoms with Crippen LogP contribution in [0.2, 0.25) is 0 Å². The Kier molecular flexibility index (Phi) is 5.40. The highest BCUT2D eigenvalue weighted by molar-refractivity contribution is 4.99. The van der Waals surface area contributed by atoms with Gasteiger partial charge in [0.05, 0.1) is 11.8 Å². The van der Waals surface area contributed by atoms with Crippen molar-refractivity contribution in [2.75, 3.05) is 0 Å². The monoisotopic (exact) mass is 210 g/mol. The Labute approximate surface area is 92.1 Å². The molecule has 1 aromatic rings. The van der Waals surface area contributed by atoms with E-state index in [9.17, 15) is 5.11 Å². The van der Waals surface area contributed by atoms with E-state index in [0.717, 1.165) is 18.5 Å². The van der Waals surface area contributed by atoms with Gasteiger partial charge >= 0.3 is 0 Å². The molecule has 1 atom stereocenters. The number of nitrogens with zero attached hydrogens (tertiary/aromatic N) is 2. The van der Waals surface area contributed by atoms with Crippen molar-refractivity contribution in [3.8, 4) is 0 Å². The van der Waals surface area contributed by atoms with E-state index in [4.69, 9.17) is 0 Å². The van der Waals surface area contributed by atoms with E-state index < -0.39 is 0 Å². The van der Waals surface area contributed by atoms with E-state index >= 15 is 0 Å². The van der Waals surface area contributed by atoms with Gasteiger partial charge in [0.15, 0.2) is 0 Å². The highest BCUT2D eigenvalue weighted by Crippen LogP contribution is 2.09. The molecule has 3 heteroatoms. The molecule has 0 saturated heterocycles. The van der Waals surface area contributed by atoms with Gasteiger partial charge < -0.3 is 5.11 Å². The fourth-order valence-electron chi connectivity index (χ4n) is 1.72. The first kappa shape index (κ1) is 12.2. The van der Waals surface area contributed by atoms with Crippen LogP contribution in [0.3, 0.4) is 0 Å². The molecular weight excluding hydrogens is 188 g/mol. The van der Waals surface area contributed by atoms with Crippen molar-refractivity contribution >= 4 is 0 Å². The lowest BCUT2D eigenvalue weighted by molar-refractivity contribution is 0.159. The molecule has 0 radical (unpaired) electrons. The minimum absolute atomic E-state index is 0.225. The van der Waals surface area contributed by atoms with Crippen molar-refractivity contribution in [3.05, 3.63) is 18.0 Å². The summed E-state index contributed by atoms with van der Waals surface area (Å²) in [6.07, 6.45) is 8.16. The summed E-state index contributed by atoms with van der Waals surface area (Å²) in [4.78, 5) is 0. The number of hydrogen-bond acceptors (Lipinski definition) is 2. The molecule has 0 saturated carbocycles. The van der Waals surface area contributed by atoms with Gasteiger partial charge in [-0.3, -0.25) is 4.68 Å². The summed E-state index contributed by atoms with van der Waals surface area (Å²) in [5.41, 5.74) is 0.987. The number of aryl methyl sites for hydroxylation is 1. The zero-order valence-corrected chi connectivity index (χ0v) is 9.82. The lowest BCUT2D eigenvalue weighted by atomic mass is 10.1. The van der Waals surface area contributed by atoms with Crippen LogP contribution in [0.5, 0.6) is 0 Å². The van der Waals surface area contributed by atoms with Crippen LogP contribution in [0, 0.1) is 0 Å². The molecule has 15 heavy (non-hydrogen) atoms. The summed E-state index contributed by atoms with van der Waals surface area (Å²) < 4.78 is 1.78. The number of aliphatic hydroxyl groups is 1. The maximum absolute atomic E-state index is 9.76. The zero-order chi connectivity index (χ0) is 11.1. The van der Waals surface area contributed by atoms with Crippen molar-refractivity contribution < 1.29 is 5.11 Å². The minimum atomic E-state index is -0.225. The molecular formula is C12H22N2O. The third-order valence-electron chi connectivity index (χ3n) is 2.60. The van der Waals surface area contributed by atoms with Crippen LogP contribution < -0.4 is 0 Å². The van der Waals surface area contributed by atoms with Crippen LogP contribution in [-0.4, -0.2) is 21.0 Å². The molecule has 1 aromatic heterocycles. The number of aromatic nitrogens is 2. The molecule has 0 aliphatic rings. The molecule has 86 valence electrons. The summed E-state index contributed by atoms with van der Waals surface area (Å²) in [5, 5.41) is 14.0. The summed E-state index contributed by atoms with van der Waals surface area (Å²) in [6, 6.07) is 1.97. The van der Waals surface area contributed by atoms with Crippen LogP contribution in [0.15, 0.2) is 12.3 Å². The maximum atomic E-state index is 9.76. The minimum Gasteiger partial charge on any atom is -0.393 e. The average molecular weight is 210 g/mol. The summed E-state index contributed by atoms with van der Waals surface area (Å²) in [5.74, 6) is 0. The van der Waals surface area contributed by atoms with Gasteiger partial charge in [-0.1, -0.05) is 32.6 Å². The Morgan fingerprint density at radius 2 is 2.20 bits per heavy atom. The summed E-state index contributed by atoms with van der Waals surface area (Å²) >= 11 is 0. The van der Waals surface area contributed by atoms with Crippen molar-refractivity contribution in [2.24, 2.45) is 7.05 Å². The second-order valence-corrected chi connectivity index (χ2v) is 4.19. The molecule has 0 aromatic carbocycles. The summed E-state index contributed by atoms with van der Waals surface area (Å²) in [6.45, 7) is 2.20. The van der Waals surface area contributed by atoms with Crippen LogP contribution in [-0.2, 0) is 13.5 Å². The Morgan fingerprint density at radius 3 is 2.80 bits per heavy atom. The van der Waals surface area contributed by atoms with Crippen molar-refractivity contribution in [3.63, 3.8) is 0 Å². The number of aliphatic hydroxyl groups excluding tert-OH is 1. The fraction of sp³-hybridized carbons (Fsp3) is 0.750. The van der Waals surface area contributed by atoms with Gasteiger partial charge in [0.2, 0.25) is 0 Å².